The van der Waals surface area contributed by atoms with Crippen molar-refractivity contribution < 1.29 is 14.2 Å². The van der Waals surface area contributed by atoms with Crippen molar-refractivity contribution in [2.24, 2.45) is 0 Å². The average molecular weight is 239 g/mol. The van der Waals surface area contributed by atoms with Gasteiger partial charge in [-0.1, -0.05) is 0 Å². The molecular weight excluding hydrogens is 221 g/mol. The van der Waals surface area contributed by atoms with E-state index in [1.807, 2.05) is 0 Å². The van der Waals surface area contributed by atoms with E-state index < -0.39 is 5.60 Å². The summed E-state index contributed by atoms with van der Waals surface area (Å²) in [5.41, 5.74) is -0.430. The van der Waals surface area contributed by atoms with Gasteiger partial charge in [-0.25, -0.2) is 4.39 Å². The molecule has 0 radical (unpaired) electrons. The number of halogens is 1. The van der Waals surface area contributed by atoms with Gasteiger partial charge in [0.25, 0.3) is 0 Å². The summed E-state index contributed by atoms with van der Waals surface area (Å²) in [5.74, 6) is 0.210. The Morgan fingerprint density at radius 2 is 2.18 bits per heavy atom. The van der Waals surface area contributed by atoms with Gasteiger partial charge in [0, 0.05) is 5.56 Å². The van der Waals surface area contributed by atoms with Crippen LogP contribution in [0.1, 0.15) is 24.8 Å². The van der Waals surface area contributed by atoms with E-state index in [0.29, 0.717) is 24.2 Å². The molecule has 2 N–H and O–H groups in total. The molecule has 4 heteroatoms. The first kappa shape index (κ1) is 12.3. The Kier molecular flexibility index (Phi) is 3.64. The molecule has 3 nitrogen and oxygen atoms in total. The predicted octanol–water partition coefficient (Wildman–Crippen LogP) is 1.80. The standard InChI is InChI=1S/C13H18FNO2/c1-17-12-4-3-10(14)9-11(12)13(16)5-2-7-15-8-6-13/h3-4,9,15-16H,2,5-8H2,1H3. The van der Waals surface area contributed by atoms with Gasteiger partial charge in [-0.2, -0.15) is 0 Å². The van der Waals surface area contributed by atoms with Crippen molar-refractivity contribution in [2.75, 3.05) is 20.2 Å². The predicted molar refractivity (Wildman–Crippen MR) is 63.6 cm³/mol. The smallest absolute Gasteiger partial charge is 0.125 e. The van der Waals surface area contributed by atoms with E-state index in [4.69, 9.17) is 4.74 Å². The van der Waals surface area contributed by atoms with Gasteiger partial charge < -0.3 is 15.2 Å². The van der Waals surface area contributed by atoms with Crippen molar-refractivity contribution in [3.63, 3.8) is 0 Å². The molecule has 1 heterocycles. The molecule has 1 aromatic rings. The van der Waals surface area contributed by atoms with Crippen LogP contribution in [0.25, 0.3) is 0 Å². The van der Waals surface area contributed by atoms with E-state index in [9.17, 15) is 9.50 Å². The van der Waals surface area contributed by atoms with Crippen LogP contribution in [0, 0.1) is 5.82 Å². The normalized spacial score (nSPS) is 25.4. The first-order chi connectivity index (χ1) is 8.15. The molecular formula is C13H18FNO2. The Morgan fingerprint density at radius 3 is 2.94 bits per heavy atom. The van der Waals surface area contributed by atoms with Gasteiger partial charge in [0.1, 0.15) is 11.6 Å². The molecule has 17 heavy (non-hydrogen) atoms. The van der Waals surface area contributed by atoms with E-state index in [2.05, 4.69) is 5.32 Å². The maximum Gasteiger partial charge on any atom is 0.125 e. The third kappa shape index (κ3) is 2.58. The lowest BCUT2D eigenvalue weighted by atomic mass is 9.86. The summed E-state index contributed by atoms with van der Waals surface area (Å²) < 4.78 is 18.5. The van der Waals surface area contributed by atoms with E-state index in [-0.39, 0.29) is 5.82 Å². The summed E-state index contributed by atoms with van der Waals surface area (Å²) in [7, 11) is 1.54. The molecule has 1 unspecified atom stereocenters. The lowest BCUT2D eigenvalue weighted by Crippen LogP contribution is -2.28. The van der Waals surface area contributed by atoms with Crippen molar-refractivity contribution in [3.05, 3.63) is 29.6 Å². The number of hydrogen-bond donors (Lipinski definition) is 2. The van der Waals surface area contributed by atoms with E-state index in [1.54, 1.807) is 6.07 Å². The van der Waals surface area contributed by atoms with Crippen molar-refractivity contribution in [2.45, 2.75) is 24.9 Å². The summed E-state index contributed by atoms with van der Waals surface area (Å²) in [6.45, 7) is 1.62. The molecule has 0 saturated carbocycles. The minimum Gasteiger partial charge on any atom is -0.496 e. The second-order valence-electron chi connectivity index (χ2n) is 4.48. The minimum absolute atomic E-state index is 0.341. The van der Waals surface area contributed by atoms with Gasteiger partial charge in [-0.3, -0.25) is 0 Å². The van der Waals surface area contributed by atoms with Crippen LogP contribution in [0.4, 0.5) is 4.39 Å². The Balaban J connectivity index is 2.38. The number of benzene rings is 1. The second-order valence-corrected chi connectivity index (χ2v) is 4.48. The van der Waals surface area contributed by atoms with Crippen LogP contribution >= 0.6 is 0 Å². The molecule has 2 rings (SSSR count). The quantitative estimate of drug-likeness (QED) is 0.827. The summed E-state index contributed by atoms with van der Waals surface area (Å²) in [5, 5.41) is 13.9. The SMILES string of the molecule is COc1ccc(F)cc1C1(O)CCCNCC1. The van der Waals surface area contributed by atoms with Gasteiger partial charge in [0.05, 0.1) is 12.7 Å². The molecule has 1 atom stereocenters. The summed E-state index contributed by atoms with van der Waals surface area (Å²) in [4.78, 5) is 0. The van der Waals surface area contributed by atoms with Crippen LogP contribution in [0.2, 0.25) is 0 Å². The first-order valence-corrected chi connectivity index (χ1v) is 5.93. The van der Waals surface area contributed by atoms with Crippen molar-refractivity contribution in [1.82, 2.24) is 5.32 Å². The molecule has 0 spiro atoms. The number of nitrogens with one attached hydrogen (secondary N) is 1. The number of aliphatic hydroxyl groups is 1. The monoisotopic (exact) mass is 239 g/mol. The van der Waals surface area contributed by atoms with Gasteiger partial charge in [-0.05, 0) is 50.6 Å². The fourth-order valence-corrected chi connectivity index (χ4v) is 2.36. The highest BCUT2D eigenvalue weighted by molar-refractivity contribution is 5.38. The molecule has 0 aromatic heterocycles. The van der Waals surface area contributed by atoms with Gasteiger partial charge >= 0.3 is 0 Å². The Bertz CT molecular complexity index is 387. The van der Waals surface area contributed by atoms with Crippen LogP contribution in [-0.4, -0.2) is 25.3 Å². The molecule has 0 bridgehead atoms. The lowest BCUT2D eigenvalue weighted by molar-refractivity contribution is 0.0215. The lowest BCUT2D eigenvalue weighted by Gasteiger charge is -2.28. The topological polar surface area (TPSA) is 41.5 Å². The van der Waals surface area contributed by atoms with E-state index in [0.717, 1.165) is 19.5 Å². The van der Waals surface area contributed by atoms with Crippen LogP contribution < -0.4 is 10.1 Å². The number of rotatable bonds is 2. The highest BCUT2D eigenvalue weighted by atomic mass is 19.1. The molecule has 94 valence electrons. The first-order valence-electron chi connectivity index (χ1n) is 5.93. The highest BCUT2D eigenvalue weighted by Crippen LogP contribution is 2.37. The second kappa shape index (κ2) is 5.02. The highest BCUT2D eigenvalue weighted by Gasteiger charge is 2.33. The fourth-order valence-electron chi connectivity index (χ4n) is 2.36. The van der Waals surface area contributed by atoms with Gasteiger partial charge in [0.2, 0.25) is 0 Å². The molecule has 1 aliphatic rings. The average Bonchev–Trinajstić information content (AvgIpc) is 2.55. The van der Waals surface area contributed by atoms with Crippen molar-refractivity contribution in [1.29, 1.82) is 0 Å². The maximum absolute atomic E-state index is 13.3. The van der Waals surface area contributed by atoms with E-state index >= 15 is 0 Å². The van der Waals surface area contributed by atoms with Crippen LogP contribution in [0.3, 0.4) is 0 Å². The third-order valence-corrected chi connectivity index (χ3v) is 3.32. The zero-order valence-electron chi connectivity index (χ0n) is 10.0. The number of hydrogen-bond acceptors (Lipinski definition) is 3. The summed E-state index contributed by atoms with van der Waals surface area (Å²) >= 11 is 0. The zero-order valence-corrected chi connectivity index (χ0v) is 10.0. The molecule has 0 amide bonds. The largest absolute Gasteiger partial charge is 0.496 e. The Morgan fingerprint density at radius 1 is 1.35 bits per heavy atom. The molecule has 1 fully saturated rings. The Labute approximate surface area is 101 Å². The molecule has 1 saturated heterocycles. The Hall–Kier alpha value is -1.13. The van der Waals surface area contributed by atoms with Crippen LogP contribution in [0.5, 0.6) is 5.75 Å². The fraction of sp³-hybridized carbons (Fsp3) is 0.538. The molecule has 0 aliphatic carbocycles. The third-order valence-electron chi connectivity index (χ3n) is 3.32. The number of ether oxygens (including phenoxy) is 1. The van der Waals surface area contributed by atoms with Crippen molar-refractivity contribution in [3.8, 4) is 5.75 Å². The number of methoxy groups -OCH3 is 1. The molecule has 1 aromatic carbocycles. The van der Waals surface area contributed by atoms with Crippen molar-refractivity contribution >= 4 is 0 Å². The minimum atomic E-state index is -0.989. The van der Waals surface area contributed by atoms with E-state index in [1.165, 1.54) is 19.2 Å². The van der Waals surface area contributed by atoms with Gasteiger partial charge in [-0.15, -0.1) is 0 Å². The van der Waals surface area contributed by atoms with Crippen LogP contribution in [-0.2, 0) is 5.60 Å². The summed E-state index contributed by atoms with van der Waals surface area (Å²) in [6, 6.07) is 4.30. The van der Waals surface area contributed by atoms with Gasteiger partial charge in [0.15, 0.2) is 0 Å². The maximum atomic E-state index is 13.3. The zero-order chi connectivity index (χ0) is 12.3. The van der Waals surface area contributed by atoms with Crippen LogP contribution in [0.15, 0.2) is 18.2 Å². The molecule has 1 aliphatic heterocycles. The summed E-state index contributed by atoms with van der Waals surface area (Å²) in [6.07, 6.45) is 2.07.